The third kappa shape index (κ3) is 4.12. The number of thioether (sulfide) groups is 1. The molecule has 18 heavy (non-hydrogen) atoms. The molecule has 1 saturated heterocycles. The van der Waals surface area contributed by atoms with Crippen LogP contribution in [0.5, 0.6) is 0 Å². The lowest BCUT2D eigenvalue weighted by atomic mass is 9.82. The topological polar surface area (TPSA) is 47.3 Å². The van der Waals surface area contributed by atoms with Gasteiger partial charge in [0.25, 0.3) is 0 Å². The van der Waals surface area contributed by atoms with E-state index in [4.69, 9.17) is 10.6 Å². The van der Waals surface area contributed by atoms with Crippen LogP contribution < -0.4 is 11.3 Å². The summed E-state index contributed by atoms with van der Waals surface area (Å²) < 4.78 is 6.16. The van der Waals surface area contributed by atoms with Crippen LogP contribution in [0.15, 0.2) is 0 Å². The van der Waals surface area contributed by atoms with Gasteiger partial charge in [0.1, 0.15) is 0 Å². The van der Waals surface area contributed by atoms with Crippen molar-refractivity contribution in [3.8, 4) is 0 Å². The first-order valence-electron chi connectivity index (χ1n) is 6.99. The quantitative estimate of drug-likeness (QED) is 0.577. The molecule has 1 fully saturated rings. The van der Waals surface area contributed by atoms with E-state index in [0.29, 0.717) is 17.2 Å². The van der Waals surface area contributed by atoms with Crippen LogP contribution in [-0.2, 0) is 4.74 Å². The van der Waals surface area contributed by atoms with Crippen LogP contribution in [0.2, 0.25) is 0 Å². The summed E-state index contributed by atoms with van der Waals surface area (Å²) >= 11 is 2.00. The zero-order valence-electron chi connectivity index (χ0n) is 12.7. The van der Waals surface area contributed by atoms with Gasteiger partial charge in [0, 0.05) is 23.0 Å². The minimum absolute atomic E-state index is 0.0374. The number of nitrogens with two attached hydrogens (primary N) is 1. The number of ether oxygens (including phenoxy) is 1. The molecule has 1 aliphatic heterocycles. The summed E-state index contributed by atoms with van der Waals surface area (Å²) in [5.74, 6) is 7.29. The Balaban J connectivity index is 2.64. The molecule has 0 aromatic carbocycles. The molecule has 0 amide bonds. The third-order valence-electron chi connectivity index (χ3n) is 3.98. The Kier molecular flexibility index (Phi) is 5.54. The summed E-state index contributed by atoms with van der Waals surface area (Å²) in [6.45, 7) is 13.2. The molecular formula is C14H30N2OS. The Morgan fingerprint density at radius 3 is 2.39 bits per heavy atom. The van der Waals surface area contributed by atoms with E-state index in [-0.39, 0.29) is 11.2 Å². The van der Waals surface area contributed by atoms with Crippen molar-refractivity contribution in [2.45, 2.75) is 76.9 Å². The molecule has 0 spiro atoms. The summed E-state index contributed by atoms with van der Waals surface area (Å²) in [5.41, 5.74) is 2.88. The van der Waals surface area contributed by atoms with E-state index >= 15 is 0 Å². The van der Waals surface area contributed by atoms with Gasteiger partial charge in [-0.05, 0) is 40.5 Å². The fourth-order valence-electron chi connectivity index (χ4n) is 2.90. The fourth-order valence-corrected chi connectivity index (χ4v) is 4.00. The lowest BCUT2D eigenvalue weighted by Crippen LogP contribution is -2.48. The molecule has 108 valence electrons. The molecule has 3 atom stereocenters. The first-order valence-corrected chi connectivity index (χ1v) is 8.04. The molecule has 1 rings (SSSR count). The van der Waals surface area contributed by atoms with E-state index in [1.54, 1.807) is 0 Å². The van der Waals surface area contributed by atoms with Crippen LogP contribution in [0.4, 0.5) is 0 Å². The molecule has 0 aromatic heterocycles. The number of hydrogen-bond acceptors (Lipinski definition) is 4. The van der Waals surface area contributed by atoms with Crippen molar-refractivity contribution in [2.75, 3.05) is 5.75 Å². The Morgan fingerprint density at radius 2 is 2.00 bits per heavy atom. The number of hydrazine groups is 1. The number of hydrogen-bond donors (Lipinski definition) is 2. The number of rotatable bonds is 6. The second-order valence-electron chi connectivity index (χ2n) is 6.60. The summed E-state index contributed by atoms with van der Waals surface area (Å²) in [5, 5.41) is 0.694. The van der Waals surface area contributed by atoms with Crippen LogP contribution in [0.25, 0.3) is 0 Å². The maximum atomic E-state index is 6.16. The van der Waals surface area contributed by atoms with Crippen molar-refractivity contribution in [3.63, 3.8) is 0 Å². The number of nitrogens with one attached hydrogen (secondary N) is 1. The maximum absolute atomic E-state index is 6.16. The van der Waals surface area contributed by atoms with Crippen molar-refractivity contribution in [1.29, 1.82) is 0 Å². The Morgan fingerprint density at radius 1 is 1.39 bits per heavy atom. The minimum atomic E-state index is -0.101. The summed E-state index contributed by atoms with van der Waals surface area (Å²) in [6, 6.07) is 0.320. The Bertz CT molecular complexity index is 269. The largest absolute Gasteiger partial charge is 0.369 e. The zero-order chi connectivity index (χ0) is 14.0. The Hall–Kier alpha value is 0.230. The summed E-state index contributed by atoms with van der Waals surface area (Å²) in [6.07, 6.45) is 2.27. The summed E-state index contributed by atoms with van der Waals surface area (Å²) in [4.78, 5) is 0. The van der Waals surface area contributed by atoms with Crippen molar-refractivity contribution in [2.24, 2.45) is 11.8 Å². The van der Waals surface area contributed by atoms with Gasteiger partial charge in [-0.25, -0.2) is 0 Å². The van der Waals surface area contributed by atoms with Gasteiger partial charge in [-0.1, -0.05) is 13.8 Å². The molecule has 0 bridgehead atoms. The van der Waals surface area contributed by atoms with E-state index < -0.39 is 0 Å². The van der Waals surface area contributed by atoms with Gasteiger partial charge in [-0.2, -0.15) is 11.8 Å². The van der Waals surface area contributed by atoms with E-state index in [1.165, 1.54) is 6.42 Å². The first kappa shape index (κ1) is 16.3. The molecule has 1 heterocycles. The second-order valence-corrected chi connectivity index (χ2v) is 8.07. The first-order chi connectivity index (χ1) is 8.22. The molecule has 0 radical (unpaired) electrons. The fraction of sp³-hybridized carbons (Fsp3) is 1.00. The lowest BCUT2D eigenvalue weighted by molar-refractivity contribution is -0.0769. The minimum Gasteiger partial charge on any atom is -0.369 e. The molecule has 4 heteroatoms. The highest BCUT2D eigenvalue weighted by Crippen LogP contribution is 2.44. The molecule has 0 aromatic rings. The normalized spacial score (nSPS) is 29.2. The van der Waals surface area contributed by atoms with Crippen molar-refractivity contribution in [3.05, 3.63) is 0 Å². The smallest absolute Gasteiger partial charge is 0.0678 e. The van der Waals surface area contributed by atoms with Crippen LogP contribution in [0.1, 0.15) is 54.4 Å². The highest BCUT2D eigenvalue weighted by molar-refractivity contribution is 7.99. The van der Waals surface area contributed by atoms with Crippen LogP contribution >= 0.6 is 11.8 Å². The van der Waals surface area contributed by atoms with Gasteiger partial charge in [0.05, 0.1) is 11.2 Å². The molecule has 3 unspecified atom stereocenters. The van der Waals surface area contributed by atoms with Crippen molar-refractivity contribution >= 4 is 11.8 Å². The summed E-state index contributed by atoms with van der Waals surface area (Å²) in [7, 11) is 0. The molecule has 1 aliphatic rings. The zero-order valence-corrected chi connectivity index (χ0v) is 13.6. The average Bonchev–Trinajstić information content (AvgIpc) is 2.47. The SMILES string of the molecule is CCC(C)SCC(NN)C1CC(C)(C)OC1(C)C. The average molecular weight is 274 g/mol. The van der Waals surface area contributed by atoms with Gasteiger partial charge in [0.2, 0.25) is 0 Å². The van der Waals surface area contributed by atoms with Crippen molar-refractivity contribution < 1.29 is 4.74 Å². The van der Waals surface area contributed by atoms with Gasteiger partial charge in [0.15, 0.2) is 0 Å². The maximum Gasteiger partial charge on any atom is 0.0678 e. The van der Waals surface area contributed by atoms with Crippen molar-refractivity contribution in [1.82, 2.24) is 5.43 Å². The van der Waals surface area contributed by atoms with E-state index in [9.17, 15) is 0 Å². The highest BCUT2D eigenvalue weighted by Gasteiger charge is 2.48. The van der Waals surface area contributed by atoms with Crippen LogP contribution in [-0.4, -0.2) is 28.2 Å². The van der Waals surface area contributed by atoms with Crippen LogP contribution in [0.3, 0.4) is 0 Å². The highest BCUT2D eigenvalue weighted by atomic mass is 32.2. The lowest BCUT2D eigenvalue weighted by Gasteiger charge is -2.32. The standard InChI is InChI=1S/C14H30N2OS/c1-7-10(2)18-9-12(16-15)11-8-13(3,4)17-14(11,5)6/h10-12,16H,7-9,15H2,1-6H3. The molecule has 0 aliphatic carbocycles. The predicted octanol–water partition coefficient (Wildman–Crippen LogP) is 2.94. The van der Waals surface area contributed by atoms with E-state index in [0.717, 1.165) is 12.2 Å². The van der Waals surface area contributed by atoms with Crippen LogP contribution in [0, 0.1) is 5.92 Å². The molecule has 0 saturated carbocycles. The molecule has 3 nitrogen and oxygen atoms in total. The predicted molar refractivity (Wildman–Crippen MR) is 80.7 cm³/mol. The molecule has 3 N–H and O–H groups in total. The second kappa shape index (κ2) is 6.12. The van der Waals surface area contributed by atoms with Gasteiger partial charge in [-0.15, -0.1) is 0 Å². The monoisotopic (exact) mass is 274 g/mol. The van der Waals surface area contributed by atoms with Gasteiger partial charge >= 0.3 is 0 Å². The Labute approximate surface area is 117 Å². The third-order valence-corrected chi connectivity index (χ3v) is 5.43. The molecular weight excluding hydrogens is 244 g/mol. The van der Waals surface area contributed by atoms with Gasteiger partial charge < -0.3 is 4.74 Å². The van der Waals surface area contributed by atoms with E-state index in [1.807, 2.05) is 11.8 Å². The van der Waals surface area contributed by atoms with Gasteiger partial charge in [-0.3, -0.25) is 11.3 Å². The van der Waals surface area contributed by atoms with E-state index in [2.05, 4.69) is 47.0 Å².